The summed E-state index contributed by atoms with van der Waals surface area (Å²) in [4.78, 5) is 4.28. The van der Waals surface area contributed by atoms with Gasteiger partial charge in [-0.2, -0.15) is 0 Å². The molecule has 76 valence electrons. The molecule has 0 saturated carbocycles. The summed E-state index contributed by atoms with van der Waals surface area (Å²) in [7, 11) is 0. The van der Waals surface area contributed by atoms with Gasteiger partial charge in [0.2, 0.25) is 0 Å². The monoisotopic (exact) mass is 211 g/mol. The molecule has 0 saturated heterocycles. The van der Waals surface area contributed by atoms with Crippen LogP contribution in [0.25, 0.3) is 5.65 Å². The topological polar surface area (TPSA) is 43.3 Å². The summed E-state index contributed by atoms with van der Waals surface area (Å²) in [6.45, 7) is 2.00. The Hall–Kier alpha value is -1.06. The van der Waals surface area contributed by atoms with E-state index in [-0.39, 0.29) is 18.4 Å². The Bertz CT molecular complexity index is 408. The predicted octanol–water partition coefficient (Wildman–Crippen LogP) is 1.65. The molecule has 0 amide bonds. The van der Waals surface area contributed by atoms with Crippen LogP contribution in [0.5, 0.6) is 0 Å². The van der Waals surface area contributed by atoms with Crippen molar-refractivity contribution in [2.45, 2.75) is 19.4 Å². The Balaban J connectivity index is 0.000000980. The standard InChI is InChI=1S/C10H13N3.ClH/c1-8(11)6-9-7-12-10-4-2-3-5-13(9)10;/h2-5,7-8H,6,11H2,1H3;1H. The van der Waals surface area contributed by atoms with Crippen molar-refractivity contribution in [1.29, 1.82) is 0 Å². The lowest BCUT2D eigenvalue weighted by molar-refractivity contribution is 0.717. The van der Waals surface area contributed by atoms with Gasteiger partial charge < -0.3 is 10.1 Å². The predicted molar refractivity (Wildman–Crippen MR) is 59.8 cm³/mol. The molecule has 0 aromatic carbocycles. The van der Waals surface area contributed by atoms with E-state index >= 15 is 0 Å². The SMILES string of the molecule is CC(N)Cc1cnc2ccccn12.Cl. The molecule has 0 aliphatic carbocycles. The van der Waals surface area contributed by atoms with Crippen LogP contribution in [0.15, 0.2) is 30.6 Å². The van der Waals surface area contributed by atoms with Crippen LogP contribution in [-0.4, -0.2) is 15.4 Å². The van der Waals surface area contributed by atoms with E-state index in [1.807, 2.05) is 37.5 Å². The first-order chi connectivity index (χ1) is 6.27. The van der Waals surface area contributed by atoms with Crippen molar-refractivity contribution in [3.8, 4) is 0 Å². The summed E-state index contributed by atoms with van der Waals surface area (Å²) >= 11 is 0. The number of nitrogens with zero attached hydrogens (tertiary/aromatic N) is 2. The normalized spacial score (nSPS) is 12.4. The molecule has 14 heavy (non-hydrogen) atoms. The zero-order chi connectivity index (χ0) is 9.26. The minimum Gasteiger partial charge on any atom is -0.328 e. The van der Waals surface area contributed by atoms with Crippen LogP contribution >= 0.6 is 12.4 Å². The number of hydrogen-bond donors (Lipinski definition) is 1. The number of fused-ring (bicyclic) bond motifs is 1. The van der Waals surface area contributed by atoms with Crippen molar-refractivity contribution in [3.05, 3.63) is 36.3 Å². The third-order valence-corrected chi connectivity index (χ3v) is 2.02. The maximum Gasteiger partial charge on any atom is 0.136 e. The van der Waals surface area contributed by atoms with Crippen LogP contribution < -0.4 is 5.73 Å². The van der Waals surface area contributed by atoms with E-state index in [9.17, 15) is 0 Å². The van der Waals surface area contributed by atoms with Gasteiger partial charge in [-0.1, -0.05) is 6.07 Å². The first kappa shape index (κ1) is 11.0. The van der Waals surface area contributed by atoms with Gasteiger partial charge in [-0.25, -0.2) is 4.98 Å². The van der Waals surface area contributed by atoms with E-state index in [1.165, 1.54) is 5.69 Å². The van der Waals surface area contributed by atoms with Gasteiger partial charge in [-0.3, -0.25) is 0 Å². The van der Waals surface area contributed by atoms with Crippen LogP contribution in [0.2, 0.25) is 0 Å². The number of nitrogens with two attached hydrogens (primary N) is 1. The molecule has 0 fully saturated rings. The van der Waals surface area contributed by atoms with Gasteiger partial charge >= 0.3 is 0 Å². The number of pyridine rings is 1. The average Bonchev–Trinajstić information content (AvgIpc) is 2.48. The largest absolute Gasteiger partial charge is 0.328 e. The van der Waals surface area contributed by atoms with Gasteiger partial charge in [0, 0.05) is 30.6 Å². The summed E-state index contributed by atoms with van der Waals surface area (Å²) in [5.74, 6) is 0. The second-order valence-corrected chi connectivity index (χ2v) is 3.36. The number of hydrogen-bond acceptors (Lipinski definition) is 2. The second kappa shape index (κ2) is 4.44. The molecule has 2 aromatic rings. The lowest BCUT2D eigenvalue weighted by Gasteiger charge is -2.03. The fraction of sp³-hybridized carbons (Fsp3) is 0.300. The van der Waals surface area contributed by atoms with Crippen molar-refractivity contribution in [1.82, 2.24) is 9.38 Å². The molecular weight excluding hydrogens is 198 g/mol. The maximum atomic E-state index is 5.73. The number of imidazole rings is 1. The number of halogens is 1. The summed E-state index contributed by atoms with van der Waals surface area (Å²) in [6, 6.07) is 6.15. The molecule has 0 spiro atoms. The van der Waals surface area contributed by atoms with E-state index in [2.05, 4.69) is 9.38 Å². The third-order valence-electron chi connectivity index (χ3n) is 2.02. The first-order valence-corrected chi connectivity index (χ1v) is 4.44. The van der Waals surface area contributed by atoms with Crippen LogP contribution in [0, 0.1) is 0 Å². The molecular formula is C10H14ClN3. The molecule has 0 radical (unpaired) electrons. The highest BCUT2D eigenvalue weighted by Crippen LogP contribution is 2.07. The zero-order valence-electron chi connectivity index (χ0n) is 8.05. The van der Waals surface area contributed by atoms with Crippen molar-refractivity contribution >= 4 is 18.1 Å². The van der Waals surface area contributed by atoms with Crippen molar-refractivity contribution in [3.63, 3.8) is 0 Å². The van der Waals surface area contributed by atoms with Gasteiger partial charge in [0.25, 0.3) is 0 Å². The van der Waals surface area contributed by atoms with Crippen LogP contribution in [0.3, 0.4) is 0 Å². The Morgan fingerprint density at radius 1 is 1.50 bits per heavy atom. The molecule has 0 bridgehead atoms. The Kier molecular flexibility index (Phi) is 3.49. The van der Waals surface area contributed by atoms with E-state index in [1.54, 1.807) is 0 Å². The van der Waals surface area contributed by atoms with Crippen LogP contribution in [-0.2, 0) is 6.42 Å². The quantitative estimate of drug-likeness (QED) is 0.821. The van der Waals surface area contributed by atoms with Gasteiger partial charge in [-0.15, -0.1) is 12.4 Å². The Labute approximate surface area is 89.4 Å². The third kappa shape index (κ3) is 2.05. The van der Waals surface area contributed by atoms with Gasteiger partial charge in [0.15, 0.2) is 0 Å². The van der Waals surface area contributed by atoms with Crippen LogP contribution in [0.4, 0.5) is 0 Å². The van der Waals surface area contributed by atoms with Crippen molar-refractivity contribution in [2.24, 2.45) is 5.73 Å². The molecule has 0 aliphatic rings. The van der Waals surface area contributed by atoms with Crippen molar-refractivity contribution < 1.29 is 0 Å². The average molecular weight is 212 g/mol. The summed E-state index contributed by atoms with van der Waals surface area (Å²) in [5, 5.41) is 0. The van der Waals surface area contributed by atoms with E-state index in [4.69, 9.17) is 5.73 Å². The minimum absolute atomic E-state index is 0. The highest BCUT2D eigenvalue weighted by atomic mass is 35.5. The second-order valence-electron chi connectivity index (χ2n) is 3.36. The molecule has 1 unspecified atom stereocenters. The molecule has 2 heterocycles. The minimum atomic E-state index is 0. The van der Waals surface area contributed by atoms with Crippen molar-refractivity contribution in [2.75, 3.05) is 0 Å². The highest BCUT2D eigenvalue weighted by molar-refractivity contribution is 5.85. The molecule has 3 nitrogen and oxygen atoms in total. The van der Waals surface area contributed by atoms with E-state index < -0.39 is 0 Å². The molecule has 2 aromatic heterocycles. The first-order valence-electron chi connectivity index (χ1n) is 4.44. The molecule has 2 N–H and O–H groups in total. The van der Waals surface area contributed by atoms with E-state index in [0.29, 0.717) is 0 Å². The Morgan fingerprint density at radius 2 is 2.29 bits per heavy atom. The number of aromatic nitrogens is 2. The lowest BCUT2D eigenvalue weighted by Crippen LogP contribution is -2.18. The van der Waals surface area contributed by atoms with Gasteiger partial charge in [0.05, 0.1) is 0 Å². The number of rotatable bonds is 2. The maximum absolute atomic E-state index is 5.73. The smallest absolute Gasteiger partial charge is 0.136 e. The molecule has 2 rings (SSSR count). The van der Waals surface area contributed by atoms with E-state index in [0.717, 1.165) is 12.1 Å². The molecule has 1 atom stereocenters. The zero-order valence-corrected chi connectivity index (χ0v) is 8.87. The Morgan fingerprint density at radius 3 is 3.00 bits per heavy atom. The molecule has 4 heteroatoms. The fourth-order valence-electron chi connectivity index (χ4n) is 1.47. The van der Waals surface area contributed by atoms with Crippen LogP contribution in [0.1, 0.15) is 12.6 Å². The molecule has 0 aliphatic heterocycles. The lowest BCUT2D eigenvalue weighted by atomic mass is 10.2. The summed E-state index contributed by atoms with van der Waals surface area (Å²) in [5.41, 5.74) is 7.89. The summed E-state index contributed by atoms with van der Waals surface area (Å²) in [6.07, 6.45) is 4.77. The highest BCUT2D eigenvalue weighted by Gasteiger charge is 2.03. The van der Waals surface area contributed by atoms with Gasteiger partial charge in [0.1, 0.15) is 5.65 Å². The van der Waals surface area contributed by atoms with Gasteiger partial charge in [-0.05, 0) is 19.1 Å². The fourth-order valence-corrected chi connectivity index (χ4v) is 1.47. The summed E-state index contributed by atoms with van der Waals surface area (Å²) < 4.78 is 2.07.